The maximum absolute atomic E-state index is 12.1. The average Bonchev–Trinajstić information content (AvgIpc) is 2.61. The van der Waals surface area contributed by atoms with E-state index in [1.165, 1.54) is 0 Å². The van der Waals surface area contributed by atoms with E-state index in [-0.39, 0.29) is 17.4 Å². The Hall–Kier alpha value is -2.60. The fraction of sp³-hybridized carbons (Fsp3) is 0.300. The minimum absolute atomic E-state index is 0.176. The molecule has 0 heterocycles. The van der Waals surface area contributed by atoms with E-state index in [0.29, 0.717) is 12.5 Å². The number of amides is 1. The van der Waals surface area contributed by atoms with Gasteiger partial charge in [0.25, 0.3) is 0 Å². The smallest absolute Gasteiger partial charge is 0.230 e. The van der Waals surface area contributed by atoms with E-state index in [9.17, 15) is 4.79 Å². The zero-order valence-corrected chi connectivity index (χ0v) is 16.1. The number of hydrogen-bond donors (Lipinski definition) is 2. The molecule has 2 rings (SSSR count). The van der Waals surface area contributed by atoms with Crippen molar-refractivity contribution in [1.82, 2.24) is 5.32 Å². The summed E-state index contributed by atoms with van der Waals surface area (Å²) in [5, 5.41) is 5.94. The Balaban J connectivity index is 1.80. The van der Waals surface area contributed by atoms with E-state index in [2.05, 4.69) is 24.5 Å². The predicted molar refractivity (Wildman–Crippen MR) is 108 cm³/mol. The van der Waals surface area contributed by atoms with E-state index in [1.807, 2.05) is 48.5 Å². The number of benzene rings is 2. The van der Waals surface area contributed by atoms with Crippen LogP contribution >= 0.6 is 12.2 Å². The van der Waals surface area contributed by atoms with Gasteiger partial charge in [0, 0.05) is 5.69 Å². The van der Waals surface area contributed by atoms with Crippen molar-refractivity contribution in [2.24, 2.45) is 5.92 Å². The van der Waals surface area contributed by atoms with Gasteiger partial charge in [0.15, 0.2) is 5.11 Å². The van der Waals surface area contributed by atoms with Crippen molar-refractivity contribution in [2.75, 3.05) is 19.0 Å². The van der Waals surface area contributed by atoms with E-state index in [1.54, 1.807) is 7.11 Å². The normalized spacial score (nSPS) is 10.3. The van der Waals surface area contributed by atoms with Gasteiger partial charge < -0.3 is 20.1 Å². The molecule has 0 saturated heterocycles. The molecule has 0 unspecified atom stereocenters. The van der Waals surface area contributed by atoms with Crippen LogP contribution in [-0.2, 0) is 11.2 Å². The SMILES string of the molecule is COc1ccc(CC(=O)NC(=S)Nc2ccc(OCC(C)C)cc2)cc1. The van der Waals surface area contributed by atoms with Gasteiger partial charge in [-0.3, -0.25) is 4.79 Å². The lowest BCUT2D eigenvalue weighted by Crippen LogP contribution is -2.35. The maximum Gasteiger partial charge on any atom is 0.230 e. The molecule has 0 atom stereocenters. The summed E-state index contributed by atoms with van der Waals surface area (Å²) >= 11 is 5.19. The molecule has 26 heavy (non-hydrogen) atoms. The fourth-order valence-electron chi connectivity index (χ4n) is 2.16. The van der Waals surface area contributed by atoms with Crippen LogP contribution in [-0.4, -0.2) is 24.7 Å². The van der Waals surface area contributed by atoms with Crippen molar-refractivity contribution in [3.05, 3.63) is 54.1 Å². The number of methoxy groups -OCH3 is 1. The van der Waals surface area contributed by atoms with Crippen molar-refractivity contribution < 1.29 is 14.3 Å². The molecule has 138 valence electrons. The summed E-state index contributed by atoms with van der Waals surface area (Å²) in [5.41, 5.74) is 1.68. The van der Waals surface area contributed by atoms with E-state index in [4.69, 9.17) is 21.7 Å². The first-order chi connectivity index (χ1) is 12.5. The van der Waals surface area contributed by atoms with Crippen LogP contribution < -0.4 is 20.1 Å². The second-order valence-electron chi connectivity index (χ2n) is 6.26. The number of thiocarbonyl (C=S) groups is 1. The first-order valence-electron chi connectivity index (χ1n) is 8.43. The van der Waals surface area contributed by atoms with Gasteiger partial charge in [-0.05, 0) is 60.1 Å². The Morgan fingerprint density at radius 2 is 1.65 bits per heavy atom. The van der Waals surface area contributed by atoms with Crippen LogP contribution in [0.4, 0.5) is 5.69 Å². The summed E-state index contributed by atoms with van der Waals surface area (Å²) in [5.74, 6) is 1.86. The first kappa shape index (κ1) is 19.7. The number of nitrogens with one attached hydrogen (secondary N) is 2. The van der Waals surface area contributed by atoms with Crippen LogP contribution in [0.25, 0.3) is 0 Å². The molecule has 0 aromatic heterocycles. The number of carbonyl (C=O) groups is 1. The molecule has 6 heteroatoms. The van der Waals surface area contributed by atoms with Crippen LogP contribution in [0.1, 0.15) is 19.4 Å². The van der Waals surface area contributed by atoms with Gasteiger partial charge in [-0.25, -0.2) is 0 Å². The van der Waals surface area contributed by atoms with Crippen molar-refractivity contribution >= 4 is 28.9 Å². The van der Waals surface area contributed by atoms with Crippen LogP contribution in [0.3, 0.4) is 0 Å². The quantitative estimate of drug-likeness (QED) is 0.724. The molecular formula is C20H24N2O3S. The molecule has 0 bridgehead atoms. The highest BCUT2D eigenvalue weighted by Crippen LogP contribution is 2.16. The molecular weight excluding hydrogens is 348 g/mol. The molecule has 1 amide bonds. The minimum Gasteiger partial charge on any atom is -0.497 e. The Morgan fingerprint density at radius 1 is 1.04 bits per heavy atom. The third kappa shape index (κ3) is 6.72. The molecule has 2 aromatic rings. The van der Waals surface area contributed by atoms with Crippen LogP contribution in [0.15, 0.2) is 48.5 Å². The Bertz CT molecular complexity index is 728. The highest BCUT2D eigenvalue weighted by atomic mass is 32.1. The molecule has 0 radical (unpaired) electrons. The van der Waals surface area contributed by atoms with Gasteiger partial charge in [0.2, 0.25) is 5.91 Å². The van der Waals surface area contributed by atoms with E-state index < -0.39 is 0 Å². The lowest BCUT2D eigenvalue weighted by Gasteiger charge is -2.12. The molecule has 0 aliphatic rings. The highest BCUT2D eigenvalue weighted by molar-refractivity contribution is 7.80. The van der Waals surface area contributed by atoms with Gasteiger partial charge >= 0.3 is 0 Å². The largest absolute Gasteiger partial charge is 0.497 e. The molecule has 5 nitrogen and oxygen atoms in total. The van der Waals surface area contributed by atoms with Gasteiger partial charge in [0.05, 0.1) is 20.1 Å². The number of ether oxygens (including phenoxy) is 2. The third-order valence-electron chi connectivity index (χ3n) is 3.47. The van der Waals surface area contributed by atoms with Crippen molar-refractivity contribution in [3.63, 3.8) is 0 Å². The Morgan fingerprint density at radius 3 is 2.23 bits per heavy atom. The molecule has 2 N–H and O–H groups in total. The summed E-state index contributed by atoms with van der Waals surface area (Å²) in [6.07, 6.45) is 0.244. The Labute approximate surface area is 159 Å². The van der Waals surface area contributed by atoms with Gasteiger partial charge in [-0.1, -0.05) is 26.0 Å². The van der Waals surface area contributed by atoms with Crippen molar-refractivity contribution in [2.45, 2.75) is 20.3 Å². The summed E-state index contributed by atoms with van der Waals surface area (Å²) in [6.45, 7) is 4.87. The van der Waals surface area contributed by atoms with Crippen LogP contribution in [0.5, 0.6) is 11.5 Å². The van der Waals surface area contributed by atoms with Crippen LogP contribution in [0.2, 0.25) is 0 Å². The summed E-state index contributed by atoms with van der Waals surface area (Å²) < 4.78 is 10.7. The lowest BCUT2D eigenvalue weighted by atomic mass is 10.1. The molecule has 2 aromatic carbocycles. The second kappa shape index (κ2) is 9.77. The number of anilines is 1. The topological polar surface area (TPSA) is 59.6 Å². The summed E-state index contributed by atoms with van der Waals surface area (Å²) in [6, 6.07) is 14.8. The molecule has 0 spiro atoms. The number of rotatable bonds is 7. The summed E-state index contributed by atoms with van der Waals surface area (Å²) in [7, 11) is 1.61. The third-order valence-corrected chi connectivity index (χ3v) is 3.68. The monoisotopic (exact) mass is 372 g/mol. The molecule has 0 fully saturated rings. The lowest BCUT2D eigenvalue weighted by molar-refractivity contribution is -0.119. The van der Waals surface area contributed by atoms with Gasteiger partial charge in [-0.2, -0.15) is 0 Å². The molecule has 0 aliphatic heterocycles. The molecule has 0 saturated carbocycles. The predicted octanol–water partition coefficient (Wildman–Crippen LogP) is 3.79. The second-order valence-corrected chi connectivity index (χ2v) is 6.66. The van der Waals surface area contributed by atoms with E-state index >= 15 is 0 Å². The van der Waals surface area contributed by atoms with Gasteiger partial charge in [-0.15, -0.1) is 0 Å². The highest BCUT2D eigenvalue weighted by Gasteiger charge is 2.07. The Kier molecular flexibility index (Phi) is 7.41. The van der Waals surface area contributed by atoms with Crippen molar-refractivity contribution in [3.8, 4) is 11.5 Å². The standard InChI is InChI=1S/C20H24N2O3S/c1-14(2)13-25-18-10-6-16(7-11-18)21-20(26)22-19(23)12-15-4-8-17(24-3)9-5-15/h4-11,14H,12-13H2,1-3H3,(H2,21,22,23,26). The number of carbonyl (C=O) groups excluding carboxylic acids is 1. The zero-order chi connectivity index (χ0) is 18.9. The average molecular weight is 372 g/mol. The fourth-order valence-corrected chi connectivity index (χ4v) is 2.39. The van der Waals surface area contributed by atoms with Crippen molar-refractivity contribution in [1.29, 1.82) is 0 Å². The maximum atomic E-state index is 12.1. The van der Waals surface area contributed by atoms with E-state index in [0.717, 1.165) is 22.7 Å². The number of hydrogen-bond acceptors (Lipinski definition) is 4. The first-order valence-corrected chi connectivity index (χ1v) is 8.83. The zero-order valence-electron chi connectivity index (χ0n) is 15.2. The van der Waals surface area contributed by atoms with Crippen LogP contribution in [0, 0.1) is 5.92 Å². The minimum atomic E-state index is -0.176. The molecule has 0 aliphatic carbocycles. The summed E-state index contributed by atoms with van der Waals surface area (Å²) in [4.78, 5) is 12.1. The van der Waals surface area contributed by atoms with Gasteiger partial charge in [0.1, 0.15) is 11.5 Å².